The maximum atomic E-state index is 12.5. The second-order valence-corrected chi connectivity index (χ2v) is 9.75. The Morgan fingerprint density at radius 3 is 2.30 bits per heavy atom. The molecule has 2 N–H and O–H groups in total. The lowest BCUT2D eigenvalue weighted by atomic mass is 9.87. The molecule has 1 heterocycles. The van der Waals surface area contributed by atoms with E-state index in [9.17, 15) is 19.2 Å². The van der Waals surface area contributed by atoms with E-state index in [0.717, 1.165) is 15.0 Å². The molecule has 1 aliphatic heterocycles. The van der Waals surface area contributed by atoms with Gasteiger partial charge >= 0.3 is 5.97 Å². The van der Waals surface area contributed by atoms with Gasteiger partial charge in [0.05, 0.1) is 12.5 Å². The highest BCUT2D eigenvalue weighted by Crippen LogP contribution is 2.23. The van der Waals surface area contributed by atoms with E-state index in [1.54, 1.807) is 36.4 Å². The third-order valence-electron chi connectivity index (χ3n) is 5.18. The highest BCUT2D eigenvalue weighted by molar-refractivity contribution is 9.10. The van der Waals surface area contributed by atoms with Crippen LogP contribution in [-0.2, 0) is 24.5 Å². The molecule has 2 aromatic rings. The van der Waals surface area contributed by atoms with Crippen molar-refractivity contribution < 1.29 is 23.9 Å². The summed E-state index contributed by atoms with van der Waals surface area (Å²) in [7, 11) is 0. The van der Waals surface area contributed by atoms with Crippen LogP contribution in [0, 0.1) is 5.92 Å². The Hall–Kier alpha value is -3.20. The van der Waals surface area contributed by atoms with Gasteiger partial charge in [0.25, 0.3) is 11.8 Å². The molecule has 1 fully saturated rings. The summed E-state index contributed by atoms with van der Waals surface area (Å²) in [6, 6.07) is 14.1. The number of nitrogens with zero attached hydrogens (tertiary/aromatic N) is 1. The molecule has 174 valence electrons. The average molecular weight is 516 g/mol. The fourth-order valence-corrected chi connectivity index (χ4v) is 3.53. The summed E-state index contributed by atoms with van der Waals surface area (Å²) in [6.45, 7) is 5.75. The maximum absolute atomic E-state index is 12.5. The Kier molecular flexibility index (Phi) is 7.53. The lowest BCUT2D eigenvalue weighted by Crippen LogP contribution is -2.43. The molecule has 3 rings (SSSR count). The van der Waals surface area contributed by atoms with Crippen LogP contribution in [0.2, 0.25) is 0 Å². The van der Waals surface area contributed by atoms with Crippen LogP contribution in [0.3, 0.4) is 0 Å². The zero-order valence-corrected chi connectivity index (χ0v) is 20.3. The Bertz CT molecular complexity index is 1050. The van der Waals surface area contributed by atoms with Crippen molar-refractivity contribution in [2.75, 3.05) is 18.5 Å². The third-order valence-corrected chi connectivity index (χ3v) is 5.71. The Balaban J connectivity index is 1.48. The summed E-state index contributed by atoms with van der Waals surface area (Å²) < 4.78 is 5.93. The van der Waals surface area contributed by atoms with Gasteiger partial charge in [-0.3, -0.25) is 29.6 Å². The van der Waals surface area contributed by atoms with Crippen molar-refractivity contribution in [2.24, 2.45) is 5.92 Å². The van der Waals surface area contributed by atoms with E-state index in [1.807, 2.05) is 12.1 Å². The minimum absolute atomic E-state index is 0.0161. The molecule has 2 aromatic carbocycles. The van der Waals surface area contributed by atoms with E-state index in [2.05, 4.69) is 47.4 Å². The third kappa shape index (κ3) is 6.64. The Morgan fingerprint density at radius 2 is 1.70 bits per heavy atom. The number of anilines is 1. The number of nitrogens with one attached hydrogen (secondary N) is 2. The first-order chi connectivity index (χ1) is 15.5. The lowest BCUT2D eigenvalue weighted by Gasteiger charge is -2.20. The molecule has 0 aliphatic carbocycles. The molecule has 0 radical (unpaired) electrons. The summed E-state index contributed by atoms with van der Waals surface area (Å²) in [5.74, 6) is -2.75. The van der Waals surface area contributed by atoms with Gasteiger partial charge in [0, 0.05) is 22.1 Å². The largest absolute Gasteiger partial charge is 0.455 e. The van der Waals surface area contributed by atoms with Crippen LogP contribution in [-0.4, -0.2) is 41.9 Å². The second kappa shape index (κ2) is 10.2. The number of carbonyl (C=O) groups is 4. The number of hydrazine groups is 1. The average Bonchev–Trinajstić information content (AvgIpc) is 3.13. The first-order valence-corrected chi connectivity index (χ1v) is 11.3. The number of ether oxygens (including phenoxy) is 1. The molecular formula is C24H26BrN3O5. The van der Waals surface area contributed by atoms with Crippen molar-refractivity contribution in [3.8, 4) is 0 Å². The van der Waals surface area contributed by atoms with Crippen LogP contribution in [0.1, 0.15) is 43.1 Å². The highest BCUT2D eigenvalue weighted by Gasteiger charge is 2.36. The van der Waals surface area contributed by atoms with E-state index in [1.165, 1.54) is 0 Å². The number of hydrogen-bond donors (Lipinski definition) is 2. The fraction of sp³-hybridized carbons (Fsp3) is 0.333. The smallest absolute Gasteiger partial charge is 0.311 e. The predicted octanol–water partition coefficient (Wildman–Crippen LogP) is 3.42. The Morgan fingerprint density at radius 1 is 1.06 bits per heavy atom. The van der Waals surface area contributed by atoms with Crippen LogP contribution in [0.5, 0.6) is 0 Å². The van der Waals surface area contributed by atoms with Crippen molar-refractivity contribution in [2.45, 2.75) is 32.6 Å². The fourth-order valence-electron chi connectivity index (χ4n) is 3.27. The molecule has 0 spiro atoms. The van der Waals surface area contributed by atoms with Gasteiger partial charge in [0.1, 0.15) is 0 Å². The number of carbonyl (C=O) groups excluding carboxylic acids is 4. The first-order valence-electron chi connectivity index (χ1n) is 10.5. The van der Waals surface area contributed by atoms with Crippen molar-refractivity contribution >= 4 is 45.3 Å². The molecule has 3 amide bonds. The van der Waals surface area contributed by atoms with Gasteiger partial charge in [-0.05, 0) is 47.4 Å². The predicted molar refractivity (Wildman–Crippen MR) is 126 cm³/mol. The highest BCUT2D eigenvalue weighted by atomic mass is 79.9. The maximum Gasteiger partial charge on any atom is 0.311 e. The molecule has 0 saturated carbocycles. The quantitative estimate of drug-likeness (QED) is 0.573. The summed E-state index contributed by atoms with van der Waals surface area (Å²) in [5.41, 5.74) is 4.57. The zero-order chi connectivity index (χ0) is 24.2. The molecule has 0 aromatic heterocycles. The van der Waals surface area contributed by atoms with Crippen molar-refractivity contribution in [1.82, 2.24) is 10.4 Å². The minimum atomic E-state index is -0.762. The Labute approximate surface area is 200 Å². The molecule has 8 nitrogen and oxygen atoms in total. The number of amides is 3. The number of esters is 1. The van der Waals surface area contributed by atoms with Crippen LogP contribution in [0.4, 0.5) is 5.69 Å². The van der Waals surface area contributed by atoms with Gasteiger partial charge in [0.15, 0.2) is 6.61 Å². The van der Waals surface area contributed by atoms with Gasteiger partial charge in [-0.25, -0.2) is 0 Å². The summed E-state index contributed by atoms with van der Waals surface area (Å²) in [5, 5.41) is 3.74. The first kappa shape index (κ1) is 24.4. The molecule has 33 heavy (non-hydrogen) atoms. The molecule has 1 saturated heterocycles. The molecular weight excluding hydrogens is 490 g/mol. The van der Waals surface area contributed by atoms with Gasteiger partial charge in [-0.1, -0.05) is 48.8 Å². The van der Waals surface area contributed by atoms with Crippen molar-refractivity contribution in [3.05, 3.63) is 64.1 Å². The van der Waals surface area contributed by atoms with Crippen molar-refractivity contribution in [3.63, 3.8) is 0 Å². The van der Waals surface area contributed by atoms with Gasteiger partial charge in [-0.2, -0.15) is 0 Å². The summed E-state index contributed by atoms with van der Waals surface area (Å²) in [6.07, 6.45) is -0.101. The van der Waals surface area contributed by atoms with Gasteiger partial charge in [-0.15, -0.1) is 0 Å². The standard InChI is InChI=1S/C24H26BrN3O5/c1-24(2,3)17-6-4-15(5-7-17)22(31)27-28-13-16(12-21(28)30)23(32)33-14-20(29)26-19-10-8-18(25)9-11-19/h4-11,16H,12-14H2,1-3H3,(H,26,29)(H,27,31)/t16-/m1/s1. The normalized spacial score (nSPS) is 15.8. The second-order valence-electron chi connectivity index (χ2n) is 8.84. The van der Waals surface area contributed by atoms with E-state index in [0.29, 0.717) is 11.3 Å². The summed E-state index contributed by atoms with van der Waals surface area (Å²) in [4.78, 5) is 49.1. The lowest BCUT2D eigenvalue weighted by molar-refractivity contribution is -0.151. The van der Waals surface area contributed by atoms with E-state index >= 15 is 0 Å². The van der Waals surface area contributed by atoms with Crippen LogP contribution < -0.4 is 10.7 Å². The topological polar surface area (TPSA) is 105 Å². The number of halogens is 1. The van der Waals surface area contributed by atoms with Gasteiger partial charge < -0.3 is 10.1 Å². The van der Waals surface area contributed by atoms with Gasteiger partial charge in [0.2, 0.25) is 5.91 Å². The summed E-state index contributed by atoms with van der Waals surface area (Å²) >= 11 is 3.31. The zero-order valence-electron chi connectivity index (χ0n) is 18.7. The SMILES string of the molecule is CC(C)(C)c1ccc(C(=O)NN2C[C@H](C(=O)OCC(=O)Nc3ccc(Br)cc3)CC2=O)cc1. The molecule has 9 heteroatoms. The van der Waals surface area contributed by atoms with E-state index in [-0.39, 0.29) is 18.4 Å². The van der Waals surface area contributed by atoms with Crippen LogP contribution in [0.25, 0.3) is 0 Å². The van der Waals surface area contributed by atoms with Crippen LogP contribution >= 0.6 is 15.9 Å². The molecule has 0 bridgehead atoms. The number of benzene rings is 2. The molecule has 0 unspecified atom stereocenters. The van der Waals surface area contributed by atoms with E-state index in [4.69, 9.17) is 4.74 Å². The number of rotatable bonds is 6. The number of hydrogen-bond acceptors (Lipinski definition) is 5. The molecule has 1 aliphatic rings. The minimum Gasteiger partial charge on any atom is -0.455 e. The van der Waals surface area contributed by atoms with Crippen LogP contribution in [0.15, 0.2) is 53.0 Å². The molecule has 1 atom stereocenters. The monoisotopic (exact) mass is 515 g/mol. The van der Waals surface area contributed by atoms with Crippen molar-refractivity contribution in [1.29, 1.82) is 0 Å². The van der Waals surface area contributed by atoms with E-state index < -0.39 is 36.2 Å².